The van der Waals surface area contributed by atoms with Gasteiger partial charge in [-0.05, 0) is 56.1 Å². The lowest BCUT2D eigenvalue weighted by atomic mass is 9.97. The lowest BCUT2D eigenvalue weighted by Crippen LogP contribution is -2.52. The molecular weight excluding hydrogens is 499 g/mol. The van der Waals surface area contributed by atoms with E-state index in [1.165, 1.54) is 4.90 Å². The minimum absolute atomic E-state index is 0.194. The van der Waals surface area contributed by atoms with Gasteiger partial charge in [0.1, 0.15) is 6.04 Å². The molecule has 10 nitrogen and oxygen atoms in total. The second-order valence-electron chi connectivity index (χ2n) is 8.77. The highest BCUT2D eigenvalue weighted by Crippen LogP contribution is 2.28. The van der Waals surface area contributed by atoms with Crippen molar-refractivity contribution in [3.8, 4) is 11.8 Å². The Hall–Kier alpha value is -3.92. The molecule has 3 N–H and O–H groups in total. The van der Waals surface area contributed by atoms with Crippen molar-refractivity contribution in [3.63, 3.8) is 0 Å². The molecular formula is C24H24F3N3O7. The fraction of sp³-hybridized carbons (Fsp3) is 0.458. The van der Waals surface area contributed by atoms with Crippen molar-refractivity contribution in [3.05, 3.63) is 34.9 Å². The molecule has 1 atom stereocenters. The number of hydrogen-bond acceptors (Lipinski definition) is 6. The smallest absolute Gasteiger partial charge is 0.481 e. The van der Waals surface area contributed by atoms with Crippen LogP contribution < -0.4 is 5.32 Å². The number of fused-ring (bicyclic) bond motifs is 1. The van der Waals surface area contributed by atoms with E-state index in [9.17, 15) is 32.3 Å². The number of likely N-dealkylation sites (tertiary alicyclic amines) is 1. The van der Waals surface area contributed by atoms with Crippen LogP contribution in [0.2, 0.25) is 0 Å². The van der Waals surface area contributed by atoms with E-state index in [0.29, 0.717) is 37.9 Å². The Labute approximate surface area is 209 Å². The average molecular weight is 523 g/mol. The fourth-order valence-corrected chi connectivity index (χ4v) is 4.24. The summed E-state index contributed by atoms with van der Waals surface area (Å²) in [4.78, 5) is 59.8. The van der Waals surface area contributed by atoms with Crippen LogP contribution in [0.5, 0.6) is 0 Å². The Morgan fingerprint density at radius 2 is 1.73 bits per heavy atom. The van der Waals surface area contributed by atoms with Crippen molar-refractivity contribution in [2.75, 3.05) is 19.6 Å². The molecule has 13 heteroatoms. The van der Waals surface area contributed by atoms with Gasteiger partial charge in [-0.15, -0.1) is 0 Å². The molecule has 198 valence electrons. The van der Waals surface area contributed by atoms with Gasteiger partial charge in [-0.1, -0.05) is 11.8 Å². The highest BCUT2D eigenvalue weighted by atomic mass is 19.4. The Morgan fingerprint density at radius 1 is 1.08 bits per heavy atom. The minimum Gasteiger partial charge on any atom is -0.481 e. The molecule has 1 unspecified atom stereocenters. The fourth-order valence-electron chi connectivity index (χ4n) is 4.24. The third-order valence-corrected chi connectivity index (χ3v) is 6.24. The minimum atomic E-state index is -5.08. The molecule has 0 aromatic heterocycles. The Kier molecular flexibility index (Phi) is 8.54. The number of imide groups is 1. The van der Waals surface area contributed by atoms with Crippen molar-refractivity contribution >= 4 is 29.7 Å². The van der Waals surface area contributed by atoms with Gasteiger partial charge in [0, 0.05) is 24.1 Å². The van der Waals surface area contributed by atoms with Crippen molar-refractivity contribution in [1.82, 2.24) is 15.1 Å². The Balaban J connectivity index is 0.000000479. The molecule has 0 radical (unpaired) electrons. The first-order valence-corrected chi connectivity index (χ1v) is 11.4. The van der Waals surface area contributed by atoms with Crippen LogP contribution in [-0.2, 0) is 25.7 Å². The number of carbonyl (C=O) groups is 5. The number of amides is 3. The zero-order valence-corrected chi connectivity index (χ0v) is 19.5. The van der Waals surface area contributed by atoms with Crippen LogP contribution in [-0.4, -0.2) is 81.5 Å². The Morgan fingerprint density at radius 3 is 2.30 bits per heavy atom. The van der Waals surface area contributed by atoms with Crippen LogP contribution in [0.15, 0.2) is 18.2 Å². The summed E-state index contributed by atoms with van der Waals surface area (Å²) in [6, 6.07) is 4.80. The van der Waals surface area contributed by atoms with Crippen molar-refractivity contribution < 1.29 is 47.4 Å². The molecule has 0 saturated carbocycles. The number of carbonyl (C=O) groups excluding carboxylic acids is 3. The maximum atomic E-state index is 12.7. The van der Waals surface area contributed by atoms with E-state index in [0.717, 1.165) is 24.2 Å². The van der Waals surface area contributed by atoms with Crippen LogP contribution in [0.3, 0.4) is 0 Å². The van der Waals surface area contributed by atoms with E-state index in [-0.39, 0.29) is 24.2 Å². The van der Waals surface area contributed by atoms with E-state index >= 15 is 0 Å². The van der Waals surface area contributed by atoms with E-state index < -0.39 is 30.1 Å². The number of carboxylic acids is 2. The number of piperidine rings is 2. The topological polar surface area (TPSA) is 144 Å². The maximum Gasteiger partial charge on any atom is 0.490 e. The molecule has 1 aromatic rings. The first kappa shape index (κ1) is 27.7. The molecule has 0 spiro atoms. The van der Waals surface area contributed by atoms with E-state index in [4.69, 9.17) is 15.0 Å². The van der Waals surface area contributed by atoms with Gasteiger partial charge in [0.25, 0.3) is 5.91 Å². The molecule has 2 fully saturated rings. The summed E-state index contributed by atoms with van der Waals surface area (Å²) in [5.74, 6) is 1.60. The quantitative estimate of drug-likeness (QED) is 0.397. The standard InChI is InChI=1S/C22H23N3O5.C2HF3O2/c26-19-6-5-18(20(27)23-19)25-13-16-12-14(3-4-17(16)21(25)28)2-1-9-24-10-7-15(8-11-24)22(29)30;3-2(4,5)1(6)7/h3-4,12,15,18H,5-11,13H2,(H,29,30)(H,23,26,27);(H,6,7). The average Bonchev–Trinajstić information content (AvgIpc) is 3.14. The number of hydrogen-bond donors (Lipinski definition) is 3. The Bertz CT molecular complexity index is 1160. The third kappa shape index (κ3) is 7.07. The summed E-state index contributed by atoms with van der Waals surface area (Å²) in [6.07, 6.45) is -3.21. The van der Waals surface area contributed by atoms with Gasteiger partial charge < -0.3 is 15.1 Å². The zero-order valence-electron chi connectivity index (χ0n) is 19.5. The van der Waals surface area contributed by atoms with Crippen LogP contribution in [0, 0.1) is 17.8 Å². The van der Waals surface area contributed by atoms with Crippen LogP contribution in [0.25, 0.3) is 0 Å². The lowest BCUT2D eigenvalue weighted by molar-refractivity contribution is -0.192. The highest BCUT2D eigenvalue weighted by Gasteiger charge is 2.39. The normalized spacial score (nSPS) is 20.2. The van der Waals surface area contributed by atoms with Gasteiger partial charge in [-0.3, -0.25) is 29.4 Å². The largest absolute Gasteiger partial charge is 0.490 e. The monoisotopic (exact) mass is 523 g/mol. The zero-order chi connectivity index (χ0) is 27.3. The van der Waals surface area contributed by atoms with Crippen LogP contribution in [0.4, 0.5) is 13.2 Å². The number of carboxylic acid groups (broad SMARTS) is 2. The van der Waals surface area contributed by atoms with E-state index in [1.54, 1.807) is 12.1 Å². The number of nitrogens with one attached hydrogen (secondary N) is 1. The second-order valence-corrected chi connectivity index (χ2v) is 8.77. The second kappa shape index (κ2) is 11.4. The van der Waals surface area contributed by atoms with Gasteiger partial charge in [0.2, 0.25) is 11.8 Å². The van der Waals surface area contributed by atoms with Crippen molar-refractivity contribution in [2.24, 2.45) is 5.92 Å². The number of benzene rings is 1. The highest BCUT2D eigenvalue weighted by molar-refractivity contribution is 6.05. The van der Waals surface area contributed by atoms with Gasteiger partial charge in [0.05, 0.1) is 12.5 Å². The van der Waals surface area contributed by atoms with Gasteiger partial charge >= 0.3 is 18.1 Å². The van der Waals surface area contributed by atoms with Crippen LogP contribution in [0.1, 0.15) is 47.2 Å². The van der Waals surface area contributed by atoms with Gasteiger partial charge in [-0.2, -0.15) is 13.2 Å². The van der Waals surface area contributed by atoms with E-state index in [2.05, 4.69) is 22.1 Å². The third-order valence-electron chi connectivity index (χ3n) is 6.24. The first-order chi connectivity index (χ1) is 17.4. The number of halogens is 3. The molecule has 3 heterocycles. The molecule has 3 amide bonds. The molecule has 3 aliphatic rings. The molecule has 1 aromatic carbocycles. The first-order valence-electron chi connectivity index (χ1n) is 11.4. The predicted octanol–water partition coefficient (Wildman–Crippen LogP) is 1.23. The molecule has 37 heavy (non-hydrogen) atoms. The number of rotatable bonds is 3. The van der Waals surface area contributed by atoms with Gasteiger partial charge in [0.15, 0.2) is 0 Å². The van der Waals surface area contributed by atoms with Crippen molar-refractivity contribution in [2.45, 2.75) is 44.4 Å². The molecule has 3 aliphatic heterocycles. The molecule has 0 aliphatic carbocycles. The molecule has 2 saturated heterocycles. The molecule has 0 bridgehead atoms. The molecule has 4 rings (SSSR count). The van der Waals surface area contributed by atoms with E-state index in [1.807, 2.05) is 6.07 Å². The summed E-state index contributed by atoms with van der Waals surface area (Å²) >= 11 is 0. The summed E-state index contributed by atoms with van der Waals surface area (Å²) < 4.78 is 31.7. The summed E-state index contributed by atoms with van der Waals surface area (Å²) in [6.45, 7) is 2.36. The summed E-state index contributed by atoms with van der Waals surface area (Å²) in [5, 5.41) is 18.5. The predicted molar refractivity (Wildman–Crippen MR) is 120 cm³/mol. The maximum absolute atomic E-state index is 12.7. The van der Waals surface area contributed by atoms with Crippen molar-refractivity contribution in [1.29, 1.82) is 0 Å². The SMILES string of the molecule is O=C(O)C(F)(F)F.O=C1CCC(N2Cc3cc(C#CCN4CCC(C(=O)O)CC4)ccc3C2=O)C(=O)N1. The number of aliphatic carboxylic acids is 2. The lowest BCUT2D eigenvalue weighted by Gasteiger charge is -2.29. The van der Waals surface area contributed by atoms with Crippen LogP contribution >= 0.6 is 0 Å². The van der Waals surface area contributed by atoms with Gasteiger partial charge in [-0.25, -0.2) is 4.79 Å². The number of nitrogens with zero attached hydrogens (tertiary/aromatic N) is 2. The summed E-state index contributed by atoms with van der Waals surface area (Å²) in [7, 11) is 0. The summed E-state index contributed by atoms with van der Waals surface area (Å²) in [5.41, 5.74) is 2.20. The number of alkyl halides is 3.